The Balaban J connectivity index is 1.96. The Morgan fingerprint density at radius 2 is 2.05 bits per heavy atom. The molecule has 6 nitrogen and oxygen atoms in total. The van der Waals surface area contributed by atoms with Gasteiger partial charge in [0.05, 0.1) is 11.8 Å². The number of nitrogens with zero attached hydrogens (tertiary/aromatic N) is 1. The van der Waals surface area contributed by atoms with Gasteiger partial charge in [-0.25, -0.2) is 9.18 Å². The minimum absolute atomic E-state index is 0.120. The first-order valence-corrected chi connectivity index (χ1v) is 6.65. The van der Waals surface area contributed by atoms with Crippen molar-refractivity contribution in [3.05, 3.63) is 29.6 Å². The molecular formula is C14H17FN2O4. The van der Waals surface area contributed by atoms with E-state index in [1.807, 2.05) is 4.90 Å². The minimum Gasteiger partial charge on any atom is -0.480 e. The summed E-state index contributed by atoms with van der Waals surface area (Å²) >= 11 is 0. The predicted octanol–water partition coefficient (Wildman–Crippen LogP) is 0.995. The summed E-state index contributed by atoms with van der Waals surface area (Å²) in [7, 11) is 0. The second-order valence-corrected chi connectivity index (χ2v) is 4.92. The van der Waals surface area contributed by atoms with Gasteiger partial charge in [-0.05, 0) is 31.0 Å². The largest absolute Gasteiger partial charge is 0.480 e. The van der Waals surface area contributed by atoms with Crippen molar-refractivity contribution in [1.29, 1.82) is 0 Å². The first kappa shape index (κ1) is 15.2. The third-order valence-corrected chi connectivity index (χ3v) is 3.46. The van der Waals surface area contributed by atoms with Crippen LogP contribution >= 0.6 is 0 Å². The number of rotatable bonds is 5. The first-order chi connectivity index (χ1) is 9.97. The van der Waals surface area contributed by atoms with Crippen LogP contribution in [0, 0.1) is 5.82 Å². The van der Waals surface area contributed by atoms with Crippen molar-refractivity contribution in [2.75, 3.05) is 24.6 Å². The molecule has 1 aromatic rings. The van der Waals surface area contributed by atoms with Crippen LogP contribution in [0.15, 0.2) is 18.2 Å². The van der Waals surface area contributed by atoms with E-state index in [1.54, 1.807) is 0 Å². The highest BCUT2D eigenvalue weighted by Crippen LogP contribution is 2.25. The molecule has 0 radical (unpaired) electrons. The van der Waals surface area contributed by atoms with Gasteiger partial charge in [-0.15, -0.1) is 0 Å². The van der Waals surface area contributed by atoms with E-state index >= 15 is 0 Å². The number of piperidine rings is 1. The van der Waals surface area contributed by atoms with Crippen LogP contribution in [0.5, 0.6) is 0 Å². The van der Waals surface area contributed by atoms with E-state index in [4.69, 9.17) is 15.6 Å². The Morgan fingerprint density at radius 1 is 1.38 bits per heavy atom. The fourth-order valence-electron chi connectivity index (χ4n) is 2.37. The average molecular weight is 296 g/mol. The lowest BCUT2D eigenvalue weighted by molar-refractivity contribution is -0.144. The van der Waals surface area contributed by atoms with Crippen molar-refractivity contribution in [2.45, 2.75) is 18.9 Å². The van der Waals surface area contributed by atoms with Crippen molar-refractivity contribution in [3.8, 4) is 0 Å². The standard InChI is InChI=1S/C14H17FN2O4/c15-11-7-9(14(16)20)1-2-12(11)17-5-3-10(4-6-17)21-8-13(18)19/h1-2,7,10H,3-6,8H2,(H2,16,20)(H,18,19). The lowest BCUT2D eigenvalue weighted by Crippen LogP contribution is -2.38. The number of nitrogens with two attached hydrogens (primary N) is 1. The average Bonchev–Trinajstić information content (AvgIpc) is 2.45. The van der Waals surface area contributed by atoms with Crippen LogP contribution in [-0.4, -0.2) is 42.8 Å². The number of amides is 1. The van der Waals surface area contributed by atoms with E-state index in [0.29, 0.717) is 31.6 Å². The fourth-order valence-corrected chi connectivity index (χ4v) is 2.37. The molecule has 1 aromatic carbocycles. The molecule has 1 heterocycles. The lowest BCUT2D eigenvalue weighted by Gasteiger charge is -2.33. The second-order valence-electron chi connectivity index (χ2n) is 4.92. The number of anilines is 1. The van der Waals surface area contributed by atoms with Gasteiger partial charge in [-0.1, -0.05) is 0 Å². The maximum atomic E-state index is 14.0. The van der Waals surface area contributed by atoms with Gasteiger partial charge in [0.15, 0.2) is 0 Å². The minimum atomic E-state index is -0.995. The van der Waals surface area contributed by atoms with Crippen LogP contribution in [0.1, 0.15) is 23.2 Å². The summed E-state index contributed by atoms with van der Waals surface area (Å²) in [5, 5.41) is 8.56. The van der Waals surface area contributed by atoms with E-state index in [9.17, 15) is 14.0 Å². The summed E-state index contributed by atoms with van der Waals surface area (Å²) in [6, 6.07) is 4.16. The molecule has 7 heteroatoms. The van der Waals surface area contributed by atoms with E-state index in [0.717, 1.165) is 6.07 Å². The van der Waals surface area contributed by atoms with Gasteiger partial charge in [0.25, 0.3) is 0 Å². The van der Waals surface area contributed by atoms with E-state index in [1.165, 1.54) is 12.1 Å². The highest BCUT2D eigenvalue weighted by molar-refractivity contribution is 5.93. The number of carboxylic acids is 1. The number of hydrogen-bond donors (Lipinski definition) is 2. The van der Waals surface area contributed by atoms with Crippen molar-refractivity contribution in [1.82, 2.24) is 0 Å². The lowest BCUT2D eigenvalue weighted by atomic mass is 10.1. The van der Waals surface area contributed by atoms with Crippen LogP contribution in [-0.2, 0) is 9.53 Å². The first-order valence-electron chi connectivity index (χ1n) is 6.65. The van der Waals surface area contributed by atoms with Gasteiger partial charge in [-0.3, -0.25) is 4.79 Å². The molecule has 1 aliphatic rings. The quantitative estimate of drug-likeness (QED) is 0.845. The molecule has 1 saturated heterocycles. The van der Waals surface area contributed by atoms with E-state index < -0.39 is 17.7 Å². The zero-order valence-electron chi connectivity index (χ0n) is 11.4. The van der Waals surface area contributed by atoms with Crippen LogP contribution in [0.4, 0.5) is 10.1 Å². The maximum absolute atomic E-state index is 14.0. The third kappa shape index (κ3) is 3.91. The highest BCUT2D eigenvalue weighted by Gasteiger charge is 2.22. The van der Waals surface area contributed by atoms with Gasteiger partial charge < -0.3 is 20.5 Å². The molecule has 3 N–H and O–H groups in total. The topological polar surface area (TPSA) is 92.9 Å². The monoisotopic (exact) mass is 296 g/mol. The molecule has 0 aromatic heterocycles. The summed E-state index contributed by atoms with van der Waals surface area (Å²) in [5.74, 6) is -2.15. The summed E-state index contributed by atoms with van der Waals surface area (Å²) in [5.41, 5.74) is 5.65. The smallest absolute Gasteiger partial charge is 0.329 e. The molecule has 0 saturated carbocycles. The molecule has 0 spiro atoms. The molecular weight excluding hydrogens is 279 g/mol. The predicted molar refractivity (Wildman–Crippen MR) is 73.7 cm³/mol. The summed E-state index contributed by atoms with van der Waals surface area (Å²) in [6.45, 7) is 0.820. The van der Waals surface area contributed by atoms with Crippen LogP contribution in [0.3, 0.4) is 0 Å². The molecule has 1 amide bonds. The van der Waals surface area contributed by atoms with Crippen LogP contribution in [0.2, 0.25) is 0 Å². The van der Waals surface area contributed by atoms with Crippen molar-refractivity contribution >= 4 is 17.6 Å². The summed E-state index contributed by atoms with van der Waals surface area (Å²) < 4.78 is 19.2. The van der Waals surface area contributed by atoms with Gasteiger partial charge in [0, 0.05) is 18.7 Å². The molecule has 114 valence electrons. The second kappa shape index (κ2) is 6.53. The molecule has 1 fully saturated rings. The molecule has 0 unspecified atom stereocenters. The van der Waals surface area contributed by atoms with Crippen molar-refractivity contribution < 1.29 is 23.8 Å². The number of halogens is 1. The molecule has 0 atom stereocenters. The summed E-state index contributed by atoms with van der Waals surface area (Å²) in [4.78, 5) is 23.3. The fraction of sp³-hybridized carbons (Fsp3) is 0.429. The SMILES string of the molecule is NC(=O)c1ccc(N2CCC(OCC(=O)O)CC2)c(F)c1. The molecule has 2 rings (SSSR count). The van der Waals surface area contributed by atoms with E-state index in [2.05, 4.69) is 0 Å². The Labute approximate surface area is 121 Å². The number of primary amides is 1. The Kier molecular flexibility index (Phi) is 4.74. The van der Waals surface area contributed by atoms with Gasteiger partial charge >= 0.3 is 5.97 Å². The molecule has 0 aliphatic carbocycles. The normalized spacial score (nSPS) is 16.0. The van der Waals surface area contributed by atoms with E-state index in [-0.39, 0.29) is 18.3 Å². The zero-order valence-corrected chi connectivity index (χ0v) is 11.4. The number of carbonyl (C=O) groups is 2. The summed E-state index contributed by atoms with van der Waals surface area (Å²) in [6.07, 6.45) is 1.14. The third-order valence-electron chi connectivity index (χ3n) is 3.46. The van der Waals surface area contributed by atoms with Gasteiger partial charge in [-0.2, -0.15) is 0 Å². The van der Waals surface area contributed by atoms with Crippen molar-refractivity contribution in [3.63, 3.8) is 0 Å². The number of ether oxygens (including phenoxy) is 1. The van der Waals surface area contributed by atoms with Crippen molar-refractivity contribution in [2.24, 2.45) is 5.73 Å². The Hall–Kier alpha value is -2.15. The molecule has 21 heavy (non-hydrogen) atoms. The number of carboxylic acid groups (broad SMARTS) is 1. The number of hydrogen-bond acceptors (Lipinski definition) is 4. The molecule has 1 aliphatic heterocycles. The number of aliphatic carboxylic acids is 1. The van der Waals surface area contributed by atoms with Gasteiger partial charge in [0.1, 0.15) is 12.4 Å². The molecule has 0 bridgehead atoms. The maximum Gasteiger partial charge on any atom is 0.329 e. The number of benzene rings is 1. The Bertz CT molecular complexity index is 542. The highest BCUT2D eigenvalue weighted by atomic mass is 19.1. The zero-order chi connectivity index (χ0) is 15.4. The van der Waals surface area contributed by atoms with Crippen LogP contribution in [0.25, 0.3) is 0 Å². The number of carbonyl (C=O) groups excluding carboxylic acids is 1. The van der Waals surface area contributed by atoms with Crippen LogP contribution < -0.4 is 10.6 Å². The van der Waals surface area contributed by atoms with Gasteiger partial charge in [0.2, 0.25) is 5.91 Å². The Morgan fingerprint density at radius 3 is 2.57 bits per heavy atom.